The number of carbonyl (C=O) groups is 1. The van der Waals surface area contributed by atoms with Gasteiger partial charge in [-0.05, 0) is 32.9 Å². The van der Waals surface area contributed by atoms with E-state index in [0.29, 0.717) is 6.54 Å². The van der Waals surface area contributed by atoms with Gasteiger partial charge >= 0.3 is 0 Å². The molecule has 0 atom stereocenters. The summed E-state index contributed by atoms with van der Waals surface area (Å²) in [7, 11) is 0.814. The minimum Gasteiger partial charge on any atom is -0.336 e. The maximum Gasteiger partial charge on any atom is 0.264 e. The maximum atomic E-state index is 14.2. The topological polar surface area (TPSA) is 54.5 Å². The number of halogens is 3. The van der Waals surface area contributed by atoms with Crippen LogP contribution < -0.4 is 0 Å². The molecule has 0 fully saturated rings. The van der Waals surface area contributed by atoms with Crippen LogP contribution in [-0.2, 0) is 9.05 Å². The molecule has 112 valence electrons. The van der Waals surface area contributed by atoms with Gasteiger partial charge in [0.15, 0.2) is 5.82 Å². The Morgan fingerprint density at radius 1 is 1.40 bits per heavy atom. The Kier molecular flexibility index (Phi) is 5.40. The molecule has 0 saturated heterocycles. The molecule has 0 spiro atoms. The fourth-order valence-electron chi connectivity index (χ4n) is 1.80. The van der Waals surface area contributed by atoms with E-state index in [2.05, 4.69) is 0 Å². The summed E-state index contributed by atoms with van der Waals surface area (Å²) < 4.78 is 36.8. The zero-order valence-electron chi connectivity index (χ0n) is 11.2. The summed E-state index contributed by atoms with van der Waals surface area (Å²) in [4.78, 5) is 12.9. The fourth-order valence-corrected chi connectivity index (χ4v) is 3.01. The van der Waals surface area contributed by atoms with Crippen LogP contribution >= 0.6 is 22.3 Å². The van der Waals surface area contributed by atoms with E-state index in [1.807, 2.05) is 0 Å². The molecule has 0 aromatic heterocycles. The number of hydrogen-bond donors (Lipinski definition) is 0. The molecule has 1 aromatic carbocycles. The van der Waals surface area contributed by atoms with Crippen molar-refractivity contribution in [3.63, 3.8) is 0 Å². The van der Waals surface area contributed by atoms with Gasteiger partial charge in [0.2, 0.25) is 0 Å². The Morgan fingerprint density at radius 2 is 1.95 bits per heavy atom. The number of amides is 1. The van der Waals surface area contributed by atoms with Crippen LogP contribution in [0.15, 0.2) is 17.0 Å². The van der Waals surface area contributed by atoms with Crippen LogP contribution in [0.3, 0.4) is 0 Å². The van der Waals surface area contributed by atoms with Crippen molar-refractivity contribution in [2.75, 3.05) is 6.54 Å². The van der Waals surface area contributed by atoms with Crippen molar-refractivity contribution in [1.29, 1.82) is 0 Å². The van der Waals surface area contributed by atoms with Gasteiger partial charge in [-0.2, -0.15) is 0 Å². The molecule has 0 saturated carbocycles. The standard InChI is InChI=1S/C12H14Cl2FNO3S/c1-4-16(7(2)3)12(17)9-5-8(13)6-10(11(9)15)20(14,18)19/h5-7H,4H2,1-3H3. The number of rotatable bonds is 4. The van der Waals surface area contributed by atoms with Crippen molar-refractivity contribution >= 4 is 37.2 Å². The van der Waals surface area contributed by atoms with Gasteiger partial charge in [0.25, 0.3) is 15.0 Å². The molecule has 0 bridgehead atoms. The molecule has 0 radical (unpaired) electrons. The van der Waals surface area contributed by atoms with Crippen molar-refractivity contribution < 1.29 is 17.6 Å². The van der Waals surface area contributed by atoms with E-state index < -0.39 is 31.2 Å². The predicted molar refractivity (Wildman–Crippen MR) is 76.3 cm³/mol. The van der Waals surface area contributed by atoms with Crippen LogP contribution in [0.5, 0.6) is 0 Å². The Labute approximate surface area is 126 Å². The average molecular weight is 342 g/mol. The van der Waals surface area contributed by atoms with E-state index in [-0.39, 0.29) is 11.1 Å². The number of benzene rings is 1. The summed E-state index contributed by atoms with van der Waals surface area (Å²) in [6, 6.07) is 1.80. The lowest BCUT2D eigenvalue weighted by molar-refractivity contribution is 0.0711. The normalized spacial score (nSPS) is 11.8. The highest BCUT2D eigenvalue weighted by Crippen LogP contribution is 2.27. The molecule has 0 aliphatic rings. The molecule has 0 N–H and O–H groups in total. The first kappa shape index (κ1) is 17.2. The van der Waals surface area contributed by atoms with Gasteiger partial charge in [0.05, 0.1) is 5.56 Å². The molecular formula is C12H14Cl2FNO3S. The van der Waals surface area contributed by atoms with Crippen molar-refractivity contribution in [3.05, 3.63) is 28.5 Å². The molecule has 0 aliphatic heterocycles. The Balaban J connectivity index is 3.47. The van der Waals surface area contributed by atoms with Crippen LogP contribution in [0.1, 0.15) is 31.1 Å². The summed E-state index contributed by atoms with van der Waals surface area (Å²) in [5.74, 6) is -1.82. The van der Waals surface area contributed by atoms with Crippen LogP contribution in [0, 0.1) is 5.82 Å². The largest absolute Gasteiger partial charge is 0.336 e. The molecule has 1 aromatic rings. The third kappa shape index (κ3) is 3.62. The van der Waals surface area contributed by atoms with E-state index in [0.717, 1.165) is 12.1 Å². The first-order chi connectivity index (χ1) is 9.09. The first-order valence-corrected chi connectivity index (χ1v) is 8.53. The van der Waals surface area contributed by atoms with Gasteiger partial charge in [-0.1, -0.05) is 11.6 Å². The van der Waals surface area contributed by atoms with Gasteiger partial charge in [0, 0.05) is 28.3 Å². The maximum absolute atomic E-state index is 14.2. The average Bonchev–Trinajstić information content (AvgIpc) is 2.30. The second-order valence-electron chi connectivity index (χ2n) is 4.39. The number of carbonyl (C=O) groups excluding carboxylic acids is 1. The summed E-state index contributed by atoms with van der Waals surface area (Å²) in [6.07, 6.45) is 0. The smallest absolute Gasteiger partial charge is 0.264 e. The third-order valence-corrected chi connectivity index (χ3v) is 4.26. The lowest BCUT2D eigenvalue weighted by Gasteiger charge is -2.25. The molecule has 20 heavy (non-hydrogen) atoms. The highest BCUT2D eigenvalue weighted by atomic mass is 35.7. The van der Waals surface area contributed by atoms with Gasteiger partial charge < -0.3 is 4.90 Å². The number of nitrogens with zero attached hydrogens (tertiary/aromatic N) is 1. The second-order valence-corrected chi connectivity index (χ2v) is 7.36. The zero-order valence-corrected chi connectivity index (χ0v) is 13.5. The fraction of sp³-hybridized carbons (Fsp3) is 0.417. The van der Waals surface area contributed by atoms with E-state index in [1.165, 1.54) is 4.90 Å². The Morgan fingerprint density at radius 3 is 2.35 bits per heavy atom. The van der Waals surface area contributed by atoms with E-state index in [1.54, 1.807) is 20.8 Å². The quantitative estimate of drug-likeness (QED) is 0.789. The monoisotopic (exact) mass is 341 g/mol. The molecule has 0 aliphatic carbocycles. The SMILES string of the molecule is CCN(C(=O)c1cc(Cl)cc(S(=O)(=O)Cl)c1F)C(C)C. The Bertz CT molecular complexity index is 632. The van der Waals surface area contributed by atoms with E-state index >= 15 is 0 Å². The number of hydrogen-bond acceptors (Lipinski definition) is 3. The van der Waals surface area contributed by atoms with Crippen molar-refractivity contribution in [2.45, 2.75) is 31.7 Å². The predicted octanol–water partition coefficient (Wildman–Crippen LogP) is 3.28. The molecule has 1 amide bonds. The van der Waals surface area contributed by atoms with Gasteiger partial charge in [-0.3, -0.25) is 4.79 Å². The van der Waals surface area contributed by atoms with Crippen molar-refractivity contribution in [2.24, 2.45) is 0 Å². The first-order valence-electron chi connectivity index (χ1n) is 5.84. The Hall–Kier alpha value is -0.850. The van der Waals surface area contributed by atoms with Crippen LogP contribution in [0.25, 0.3) is 0 Å². The molecule has 1 rings (SSSR count). The molecule has 4 nitrogen and oxygen atoms in total. The molecule has 0 unspecified atom stereocenters. The van der Waals surface area contributed by atoms with Gasteiger partial charge in [-0.25, -0.2) is 12.8 Å². The van der Waals surface area contributed by atoms with E-state index in [9.17, 15) is 17.6 Å². The van der Waals surface area contributed by atoms with Crippen molar-refractivity contribution in [3.8, 4) is 0 Å². The van der Waals surface area contributed by atoms with Crippen LogP contribution in [0.4, 0.5) is 4.39 Å². The summed E-state index contributed by atoms with van der Waals surface area (Å²) in [5.41, 5.74) is -0.410. The summed E-state index contributed by atoms with van der Waals surface area (Å²) in [6.45, 7) is 5.62. The van der Waals surface area contributed by atoms with Crippen molar-refractivity contribution in [1.82, 2.24) is 4.90 Å². The minimum absolute atomic E-state index is 0.0752. The molecule has 8 heteroatoms. The second kappa shape index (κ2) is 6.28. The van der Waals surface area contributed by atoms with Crippen LogP contribution in [0.2, 0.25) is 5.02 Å². The third-order valence-electron chi connectivity index (χ3n) is 2.72. The minimum atomic E-state index is -4.32. The van der Waals surface area contributed by atoms with E-state index in [4.69, 9.17) is 22.3 Å². The van der Waals surface area contributed by atoms with Gasteiger partial charge in [-0.15, -0.1) is 0 Å². The van der Waals surface area contributed by atoms with Crippen LogP contribution in [-0.4, -0.2) is 31.8 Å². The lowest BCUT2D eigenvalue weighted by atomic mass is 10.1. The van der Waals surface area contributed by atoms with Gasteiger partial charge in [0.1, 0.15) is 4.90 Å². The molecular weight excluding hydrogens is 328 g/mol. The highest BCUT2D eigenvalue weighted by molar-refractivity contribution is 8.13. The summed E-state index contributed by atoms with van der Waals surface area (Å²) >= 11 is 5.74. The zero-order chi connectivity index (χ0) is 15.7. The molecule has 0 heterocycles. The highest BCUT2D eigenvalue weighted by Gasteiger charge is 2.26. The summed E-state index contributed by atoms with van der Waals surface area (Å²) in [5, 5.41) is -0.0752. The lowest BCUT2D eigenvalue weighted by Crippen LogP contribution is -2.37.